The number of anilines is 1. The van der Waals surface area contributed by atoms with Crippen LogP contribution in [0.1, 0.15) is 12.8 Å². The summed E-state index contributed by atoms with van der Waals surface area (Å²) in [6, 6.07) is 5.82. The van der Waals surface area contributed by atoms with Crippen molar-refractivity contribution in [3.63, 3.8) is 0 Å². The van der Waals surface area contributed by atoms with E-state index in [0.29, 0.717) is 25.3 Å². The highest BCUT2D eigenvalue weighted by molar-refractivity contribution is 7.90. The first-order valence-electron chi connectivity index (χ1n) is 6.84. The third-order valence-electron chi connectivity index (χ3n) is 3.86. The third kappa shape index (κ3) is 2.53. The molecule has 1 N–H and O–H groups in total. The Balaban J connectivity index is 1.76. The second-order valence-corrected chi connectivity index (χ2v) is 7.06. The van der Waals surface area contributed by atoms with Crippen LogP contribution in [-0.2, 0) is 10.2 Å². The van der Waals surface area contributed by atoms with Gasteiger partial charge in [0.05, 0.1) is 5.69 Å². The summed E-state index contributed by atoms with van der Waals surface area (Å²) < 4.78 is 40.8. The molecule has 3 rings (SSSR count). The molecule has 5 nitrogen and oxygen atoms in total. The van der Waals surface area contributed by atoms with Gasteiger partial charge < -0.3 is 5.32 Å². The van der Waals surface area contributed by atoms with E-state index in [2.05, 4.69) is 5.32 Å². The predicted octanol–water partition coefficient (Wildman–Crippen LogP) is 0.944. The quantitative estimate of drug-likeness (QED) is 0.904. The van der Waals surface area contributed by atoms with Crippen molar-refractivity contribution < 1.29 is 12.8 Å². The van der Waals surface area contributed by atoms with E-state index in [1.165, 1.54) is 32.9 Å². The Hall–Kier alpha value is -1.18. The minimum atomic E-state index is -3.48. The third-order valence-corrected chi connectivity index (χ3v) is 5.79. The summed E-state index contributed by atoms with van der Waals surface area (Å²) in [7, 11) is -3.48. The second kappa shape index (κ2) is 5.31. The van der Waals surface area contributed by atoms with Crippen LogP contribution in [0, 0.1) is 5.82 Å². The smallest absolute Gasteiger partial charge is 0.304 e. The lowest BCUT2D eigenvalue weighted by Gasteiger charge is -2.22. The molecule has 0 aliphatic carbocycles. The molecule has 2 aliphatic heterocycles. The first-order valence-corrected chi connectivity index (χ1v) is 8.24. The van der Waals surface area contributed by atoms with Crippen molar-refractivity contribution in [1.82, 2.24) is 9.62 Å². The van der Waals surface area contributed by atoms with Crippen LogP contribution in [-0.4, -0.2) is 44.9 Å². The molecule has 1 unspecified atom stereocenters. The average Bonchev–Trinajstić information content (AvgIpc) is 3.01. The van der Waals surface area contributed by atoms with Crippen LogP contribution in [0.4, 0.5) is 10.1 Å². The fourth-order valence-electron chi connectivity index (χ4n) is 2.79. The summed E-state index contributed by atoms with van der Waals surface area (Å²) in [4.78, 5) is 0. The van der Waals surface area contributed by atoms with Crippen molar-refractivity contribution in [3.05, 3.63) is 30.1 Å². The van der Waals surface area contributed by atoms with E-state index in [4.69, 9.17) is 0 Å². The zero-order valence-electron chi connectivity index (χ0n) is 11.1. The monoisotopic (exact) mass is 299 g/mol. The zero-order chi connectivity index (χ0) is 14.2. The molecule has 2 saturated heterocycles. The maximum absolute atomic E-state index is 12.9. The molecule has 20 heavy (non-hydrogen) atoms. The second-order valence-electron chi connectivity index (χ2n) is 5.21. The number of rotatable bonds is 3. The lowest BCUT2D eigenvalue weighted by atomic mass is 10.2. The molecule has 2 fully saturated rings. The molecule has 1 aromatic rings. The van der Waals surface area contributed by atoms with E-state index in [9.17, 15) is 12.8 Å². The Morgan fingerprint density at radius 3 is 2.65 bits per heavy atom. The maximum Gasteiger partial charge on any atom is 0.304 e. The summed E-state index contributed by atoms with van der Waals surface area (Å²) in [6.45, 7) is 2.37. The van der Waals surface area contributed by atoms with Gasteiger partial charge in [0.2, 0.25) is 0 Å². The molecule has 1 atom stereocenters. The van der Waals surface area contributed by atoms with Gasteiger partial charge in [-0.3, -0.25) is 4.31 Å². The topological polar surface area (TPSA) is 52.7 Å². The first-order chi connectivity index (χ1) is 9.57. The number of hydrogen-bond donors (Lipinski definition) is 1. The molecular weight excluding hydrogens is 281 g/mol. The summed E-state index contributed by atoms with van der Waals surface area (Å²) >= 11 is 0. The molecule has 110 valence electrons. The van der Waals surface area contributed by atoms with Crippen molar-refractivity contribution in [2.24, 2.45) is 0 Å². The van der Waals surface area contributed by atoms with E-state index in [1.807, 2.05) is 0 Å². The molecule has 0 bridgehead atoms. The Morgan fingerprint density at radius 1 is 1.25 bits per heavy atom. The lowest BCUT2D eigenvalue weighted by Crippen LogP contribution is -2.40. The van der Waals surface area contributed by atoms with E-state index >= 15 is 0 Å². The lowest BCUT2D eigenvalue weighted by molar-refractivity contribution is 0.398. The van der Waals surface area contributed by atoms with Crippen molar-refractivity contribution in [3.8, 4) is 0 Å². The molecule has 0 aromatic heterocycles. The van der Waals surface area contributed by atoms with Gasteiger partial charge in [0, 0.05) is 25.7 Å². The van der Waals surface area contributed by atoms with Crippen LogP contribution in [0.2, 0.25) is 0 Å². The molecule has 0 saturated carbocycles. The number of halogens is 1. The summed E-state index contributed by atoms with van der Waals surface area (Å²) in [5, 5.41) is 3.31. The Kier molecular flexibility index (Phi) is 3.66. The number of nitrogens with one attached hydrogen (secondary N) is 1. The van der Waals surface area contributed by atoms with Crippen LogP contribution in [0.15, 0.2) is 24.3 Å². The molecule has 0 spiro atoms. The fourth-order valence-corrected chi connectivity index (χ4v) is 4.45. The largest absolute Gasteiger partial charge is 0.313 e. The van der Waals surface area contributed by atoms with Gasteiger partial charge in [-0.15, -0.1) is 0 Å². The summed E-state index contributed by atoms with van der Waals surface area (Å²) in [5.74, 6) is -0.364. The van der Waals surface area contributed by atoms with E-state index in [1.54, 1.807) is 0 Å². The van der Waals surface area contributed by atoms with E-state index in [0.717, 1.165) is 19.4 Å². The number of nitrogens with zero attached hydrogens (tertiary/aromatic N) is 2. The Morgan fingerprint density at radius 2 is 2.00 bits per heavy atom. The summed E-state index contributed by atoms with van der Waals surface area (Å²) in [6.07, 6.45) is 2.11. The molecule has 7 heteroatoms. The van der Waals surface area contributed by atoms with Gasteiger partial charge in [-0.1, -0.05) is 0 Å². The highest BCUT2D eigenvalue weighted by Crippen LogP contribution is 2.26. The molecule has 0 amide bonds. The van der Waals surface area contributed by atoms with Crippen LogP contribution in [0.5, 0.6) is 0 Å². The minimum absolute atomic E-state index is 0.248. The van der Waals surface area contributed by atoms with Crippen molar-refractivity contribution in [1.29, 1.82) is 0 Å². The van der Waals surface area contributed by atoms with Crippen LogP contribution >= 0.6 is 0 Å². The van der Waals surface area contributed by atoms with E-state index in [-0.39, 0.29) is 11.9 Å². The maximum atomic E-state index is 12.9. The van der Waals surface area contributed by atoms with E-state index < -0.39 is 10.2 Å². The van der Waals surface area contributed by atoms with Gasteiger partial charge in [0.1, 0.15) is 5.82 Å². The normalized spacial score (nSPS) is 26.2. The molecule has 2 aliphatic rings. The van der Waals surface area contributed by atoms with Crippen LogP contribution in [0.3, 0.4) is 0 Å². The molecule has 1 aromatic carbocycles. The van der Waals surface area contributed by atoms with Crippen molar-refractivity contribution >= 4 is 15.9 Å². The standard InChI is InChI=1S/C13H18FN3O2S/c14-11-3-5-13(6-4-11)17-9-8-16(20(17,18)19)10-12-2-1-7-15-12/h3-6,12,15H,1-2,7-10H2. The number of benzene rings is 1. The van der Waals surface area contributed by atoms with Crippen molar-refractivity contribution in [2.45, 2.75) is 18.9 Å². The van der Waals surface area contributed by atoms with Crippen LogP contribution in [0.25, 0.3) is 0 Å². The Bertz CT molecular complexity index is 570. The fraction of sp³-hybridized carbons (Fsp3) is 0.538. The Labute approximate surface area is 118 Å². The van der Waals surface area contributed by atoms with Gasteiger partial charge in [-0.25, -0.2) is 4.39 Å². The molecule has 2 heterocycles. The van der Waals surface area contributed by atoms with Crippen LogP contribution < -0.4 is 9.62 Å². The van der Waals surface area contributed by atoms with Gasteiger partial charge in [0.15, 0.2) is 0 Å². The molecular formula is C13H18FN3O2S. The van der Waals surface area contributed by atoms with Crippen molar-refractivity contribution in [2.75, 3.05) is 30.5 Å². The predicted molar refractivity (Wildman–Crippen MR) is 75.3 cm³/mol. The summed E-state index contributed by atoms with van der Waals surface area (Å²) in [5.41, 5.74) is 0.522. The molecule has 0 radical (unpaired) electrons. The minimum Gasteiger partial charge on any atom is -0.313 e. The van der Waals surface area contributed by atoms with Gasteiger partial charge in [-0.05, 0) is 43.7 Å². The zero-order valence-corrected chi connectivity index (χ0v) is 11.9. The first kappa shape index (κ1) is 13.8. The SMILES string of the molecule is O=S1(=O)N(CC2CCCN2)CCN1c1ccc(F)cc1. The average molecular weight is 299 g/mol. The van der Waals surface area contributed by atoms with Gasteiger partial charge in [0.25, 0.3) is 0 Å². The highest BCUT2D eigenvalue weighted by atomic mass is 32.2. The highest BCUT2D eigenvalue weighted by Gasteiger charge is 2.38. The van der Waals surface area contributed by atoms with Gasteiger partial charge in [-0.2, -0.15) is 12.7 Å². The van der Waals surface area contributed by atoms with Gasteiger partial charge >= 0.3 is 10.2 Å². The number of hydrogen-bond acceptors (Lipinski definition) is 3.